The molecule has 0 fully saturated rings. The average Bonchev–Trinajstić information content (AvgIpc) is 2.16. The zero-order chi connectivity index (χ0) is 14.8. The van der Waals surface area contributed by atoms with Gasteiger partial charge in [0.05, 0.1) is 5.56 Å². The topological polar surface area (TPSA) is 37.3 Å². The van der Waals surface area contributed by atoms with E-state index in [9.17, 15) is 28.6 Å². The molecule has 1 rings (SSSR count). The van der Waals surface area contributed by atoms with Gasteiger partial charge in [-0.2, -0.15) is 0 Å². The minimum Gasteiger partial charge on any atom is -0.478 e. The normalized spacial score (nSPS) is 14.9. The molecule has 2 nitrogen and oxygen atoms in total. The standard InChI is InChI=1S/C7H4F6O2S.C2H6/c8-6-3-4(16(9,10,11,12)13)1-2-5(6)7(14)15;1-2/h1-3H,(H,14,15);1-2H3. The summed E-state index contributed by atoms with van der Waals surface area (Å²) in [6.45, 7) is 4.00. The largest absolute Gasteiger partial charge is 0.478 e. The van der Waals surface area contributed by atoms with E-state index in [1.165, 1.54) is 0 Å². The van der Waals surface area contributed by atoms with Crippen LogP contribution >= 0.6 is 10.2 Å². The van der Waals surface area contributed by atoms with Crippen LogP contribution in [0.25, 0.3) is 0 Å². The van der Waals surface area contributed by atoms with Gasteiger partial charge in [-0.3, -0.25) is 0 Å². The van der Waals surface area contributed by atoms with Gasteiger partial charge >= 0.3 is 16.2 Å². The number of hydrogen-bond donors (Lipinski definition) is 1. The molecule has 0 saturated heterocycles. The first-order valence-electron chi connectivity index (χ1n) is 4.58. The molecule has 0 saturated carbocycles. The molecule has 106 valence electrons. The number of hydrogen-bond acceptors (Lipinski definition) is 1. The summed E-state index contributed by atoms with van der Waals surface area (Å²) < 4.78 is 73.5. The number of carboxylic acid groups (broad SMARTS) is 1. The van der Waals surface area contributed by atoms with E-state index in [1.807, 2.05) is 13.8 Å². The molecule has 9 heteroatoms. The fourth-order valence-corrected chi connectivity index (χ4v) is 1.56. The van der Waals surface area contributed by atoms with Gasteiger partial charge in [-0.1, -0.05) is 33.3 Å². The van der Waals surface area contributed by atoms with Crippen molar-refractivity contribution in [1.82, 2.24) is 0 Å². The zero-order valence-corrected chi connectivity index (χ0v) is 10.1. The number of carboxylic acids is 1. The summed E-state index contributed by atoms with van der Waals surface area (Å²) in [6, 6.07) is -0.538. The maximum atomic E-state index is 12.8. The Morgan fingerprint density at radius 2 is 1.56 bits per heavy atom. The van der Waals surface area contributed by atoms with E-state index >= 15 is 0 Å². The predicted molar refractivity (Wildman–Crippen MR) is 56.1 cm³/mol. The molecule has 1 aromatic rings. The first-order chi connectivity index (χ1) is 7.81. The summed E-state index contributed by atoms with van der Waals surface area (Å²) in [4.78, 5) is 7.79. The highest BCUT2D eigenvalue weighted by molar-refractivity contribution is 8.45. The molecule has 0 spiro atoms. The Hall–Kier alpha value is -1.38. The van der Waals surface area contributed by atoms with Crippen LogP contribution < -0.4 is 0 Å². The van der Waals surface area contributed by atoms with Crippen molar-refractivity contribution in [3.63, 3.8) is 0 Å². The predicted octanol–water partition coefficient (Wildman–Crippen LogP) is 5.21. The second-order valence-corrected chi connectivity index (χ2v) is 5.33. The van der Waals surface area contributed by atoms with Crippen LogP contribution in [0.2, 0.25) is 0 Å². The average molecular weight is 296 g/mol. The first-order valence-corrected chi connectivity index (χ1v) is 6.53. The molecule has 1 N–H and O–H groups in total. The van der Waals surface area contributed by atoms with E-state index in [1.54, 1.807) is 0 Å². The Bertz CT molecular complexity index is 467. The summed E-state index contributed by atoms with van der Waals surface area (Å²) >= 11 is 0. The van der Waals surface area contributed by atoms with Crippen molar-refractivity contribution in [2.24, 2.45) is 0 Å². The van der Waals surface area contributed by atoms with Crippen LogP contribution in [0.15, 0.2) is 23.1 Å². The van der Waals surface area contributed by atoms with Gasteiger partial charge in [-0.15, -0.1) is 0 Å². The van der Waals surface area contributed by atoms with Gasteiger partial charge < -0.3 is 5.11 Å². The maximum Gasteiger partial charge on any atom is 0.338 e. The lowest BCUT2D eigenvalue weighted by atomic mass is 10.2. The number of aromatic carboxylic acids is 1. The molecule has 0 heterocycles. The fraction of sp³-hybridized carbons (Fsp3) is 0.222. The van der Waals surface area contributed by atoms with E-state index in [2.05, 4.69) is 0 Å². The van der Waals surface area contributed by atoms with Gasteiger partial charge in [-0.25, -0.2) is 9.18 Å². The number of carbonyl (C=O) groups is 1. The number of benzene rings is 1. The van der Waals surface area contributed by atoms with Gasteiger partial charge in [0.25, 0.3) is 0 Å². The summed E-state index contributed by atoms with van der Waals surface area (Å²) in [5.41, 5.74) is -1.11. The molecule has 0 aliphatic rings. The van der Waals surface area contributed by atoms with Crippen molar-refractivity contribution < 1.29 is 33.7 Å². The molecular weight excluding hydrogens is 286 g/mol. The molecule has 0 amide bonds. The smallest absolute Gasteiger partial charge is 0.338 e. The zero-order valence-electron chi connectivity index (χ0n) is 9.26. The van der Waals surface area contributed by atoms with E-state index in [0.29, 0.717) is 0 Å². The highest BCUT2D eigenvalue weighted by Gasteiger charge is 2.65. The Balaban J connectivity index is 0.00000137. The molecule has 0 aliphatic carbocycles. The minimum atomic E-state index is -9.96. The molecule has 1 aromatic carbocycles. The second-order valence-electron chi connectivity index (χ2n) is 2.92. The quantitative estimate of drug-likeness (QED) is 0.761. The van der Waals surface area contributed by atoms with Crippen molar-refractivity contribution in [2.75, 3.05) is 0 Å². The van der Waals surface area contributed by atoms with Crippen LogP contribution in [0.5, 0.6) is 0 Å². The molecule has 18 heavy (non-hydrogen) atoms. The van der Waals surface area contributed by atoms with Crippen LogP contribution in [-0.2, 0) is 0 Å². The molecule has 0 aromatic heterocycles. The first kappa shape index (κ1) is 16.6. The Morgan fingerprint density at radius 3 is 1.83 bits per heavy atom. The highest BCUT2D eigenvalue weighted by Crippen LogP contribution is 3.02. The molecule has 0 radical (unpaired) electrons. The fourth-order valence-electron chi connectivity index (χ4n) is 0.909. The van der Waals surface area contributed by atoms with Gasteiger partial charge in [0.15, 0.2) is 0 Å². The van der Waals surface area contributed by atoms with Gasteiger partial charge in [-0.05, 0) is 18.2 Å². The van der Waals surface area contributed by atoms with E-state index in [0.717, 1.165) is 0 Å². The van der Waals surface area contributed by atoms with Crippen LogP contribution in [0, 0.1) is 5.82 Å². The lowest BCUT2D eigenvalue weighted by molar-refractivity contribution is 0.0691. The Kier molecular flexibility index (Phi) is 3.76. The Labute approximate surface area is 99.0 Å². The maximum absolute atomic E-state index is 12.8. The number of rotatable bonds is 2. The van der Waals surface area contributed by atoms with Crippen molar-refractivity contribution in [1.29, 1.82) is 0 Å². The van der Waals surface area contributed by atoms with Crippen LogP contribution in [0.1, 0.15) is 24.2 Å². The van der Waals surface area contributed by atoms with E-state index < -0.39 is 38.5 Å². The molecule has 0 bridgehead atoms. The molecule has 0 aliphatic heterocycles. The van der Waals surface area contributed by atoms with Gasteiger partial charge in [0.1, 0.15) is 10.7 Å². The van der Waals surface area contributed by atoms with Crippen molar-refractivity contribution in [3.8, 4) is 0 Å². The lowest BCUT2D eigenvalue weighted by Crippen LogP contribution is -2.08. The van der Waals surface area contributed by atoms with Gasteiger partial charge in [0, 0.05) is 0 Å². The van der Waals surface area contributed by atoms with Crippen LogP contribution in [0.3, 0.4) is 0 Å². The number of halogens is 6. The van der Waals surface area contributed by atoms with E-state index in [-0.39, 0.29) is 12.1 Å². The lowest BCUT2D eigenvalue weighted by Gasteiger charge is -2.40. The highest BCUT2D eigenvalue weighted by atomic mass is 32.5. The third kappa shape index (κ3) is 4.13. The van der Waals surface area contributed by atoms with Crippen molar-refractivity contribution in [2.45, 2.75) is 18.7 Å². The molecular formula is C9H10F6O2S. The summed E-state index contributed by atoms with van der Waals surface area (Å²) in [7, 11) is -9.96. The van der Waals surface area contributed by atoms with Crippen LogP contribution in [0.4, 0.5) is 23.8 Å². The van der Waals surface area contributed by atoms with Crippen LogP contribution in [-0.4, -0.2) is 11.1 Å². The van der Waals surface area contributed by atoms with Crippen molar-refractivity contribution in [3.05, 3.63) is 29.6 Å². The third-order valence-corrected chi connectivity index (χ3v) is 2.76. The SMILES string of the molecule is CC.O=C(O)c1ccc(S(F)(F)(F)(F)F)cc1F. The summed E-state index contributed by atoms with van der Waals surface area (Å²) in [5, 5.41) is 8.29. The van der Waals surface area contributed by atoms with E-state index in [4.69, 9.17) is 5.11 Å². The second kappa shape index (κ2) is 4.08. The summed E-state index contributed by atoms with van der Waals surface area (Å²) in [6.07, 6.45) is 0. The molecule has 0 atom stereocenters. The Morgan fingerprint density at radius 1 is 1.11 bits per heavy atom. The third-order valence-electron chi connectivity index (χ3n) is 1.62. The molecule has 0 unspecified atom stereocenters. The monoisotopic (exact) mass is 296 g/mol. The minimum absolute atomic E-state index is 0.144. The van der Waals surface area contributed by atoms with Gasteiger partial charge in [0.2, 0.25) is 0 Å². The summed E-state index contributed by atoms with van der Waals surface area (Å²) in [5.74, 6) is -3.70. The van der Waals surface area contributed by atoms with Crippen molar-refractivity contribution >= 4 is 16.2 Å².